The molecule has 0 saturated heterocycles. The minimum atomic E-state index is -0.584. The molecule has 1 heterocycles. The van der Waals surface area contributed by atoms with Crippen molar-refractivity contribution >= 4 is 5.97 Å². The summed E-state index contributed by atoms with van der Waals surface area (Å²) < 4.78 is 4.94. The van der Waals surface area contributed by atoms with E-state index >= 15 is 0 Å². The molecule has 1 aromatic carbocycles. The molecule has 1 aromatic heterocycles. The fraction of sp³-hybridized carbons (Fsp3) is 0.154. The topological polar surface area (TPSA) is 57.0 Å². The van der Waals surface area contributed by atoms with E-state index in [0.29, 0.717) is 0 Å². The van der Waals surface area contributed by atoms with Crippen molar-refractivity contribution in [3.05, 3.63) is 42.2 Å². The van der Waals surface area contributed by atoms with Gasteiger partial charge in [0.05, 0.1) is 11.9 Å². The molecule has 5 nitrogen and oxygen atoms in total. The second-order valence-corrected chi connectivity index (χ2v) is 3.57. The lowest BCUT2D eigenvalue weighted by atomic mass is 10.3. The van der Waals surface area contributed by atoms with Crippen molar-refractivity contribution in [1.82, 2.24) is 15.0 Å². The minimum absolute atomic E-state index is 0.126. The molecular formula is C13H11N3O2. The van der Waals surface area contributed by atoms with E-state index in [4.69, 9.17) is 11.2 Å². The van der Waals surface area contributed by atoms with Gasteiger partial charge >= 0.3 is 5.97 Å². The normalized spacial score (nSPS) is 11.6. The summed E-state index contributed by atoms with van der Waals surface area (Å²) in [6.07, 6.45) is 5.89. The molecule has 0 aliphatic heterocycles. The van der Waals surface area contributed by atoms with Crippen LogP contribution in [0.25, 0.3) is 5.69 Å². The Morgan fingerprint density at radius 1 is 1.44 bits per heavy atom. The Bertz CT molecular complexity index is 584. The van der Waals surface area contributed by atoms with Crippen molar-refractivity contribution in [2.75, 3.05) is 0 Å². The van der Waals surface area contributed by atoms with Crippen molar-refractivity contribution in [3.8, 4) is 18.0 Å². The van der Waals surface area contributed by atoms with Crippen LogP contribution in [0.5, 0.6) is 0 Å². The van der Waals surface area contributed by atoms with E-state index in [9.17, 15) is 4.79 Å². The molecule has 18 heavy (non-hydrogen) atoms. The second kappa shape index (κ2) is 5.15. The first-order valence-electron chi connectivity index (χ1n) is 5.35. The van der Waals surface area contributed by atoms with E-state index in [1.54, 1.807) is 6.92 Å². The molecule has 0 saturated carbocycles. The molecule has 1 unspecified atom stereocenters. The first-order valence-corrected chi connectivity index (χ1v) is 5.35. The highest BCUT2D eigenvalue weighted by atomic mass is 16.5. The van der Waals surface area contributed by atoms with Crippen LogP contribution >= 0.6 is 0 Å². The number of terminal acetylenes is 1. The SMILES string of the molecule is C#CC(C)OC(=O)c1cnn(-c2ccccc2)n1. The molecule has 0 amide bonds. The summed E-state index contributed by atoms with van der Waals surface area (Å²) in [6, 6.07) is 9.27. The van der Waals surface area contributed by atoms with Crippen molar-refractivity contribution in [2.24, 2.45) is 0 Å². The van der Waals surface area contributed by atoms with Crippen LogP contribution < -0.4 is 0 Å². The van der Waals surface area contributed by atoms with Crippen LogP contribution in [0.3, 0.4) is 0 Å². The molecule has 0 fully saturated rings. The summed E-state index contributed by atoms with van der Waals surface area (Å²) in [5, 5.41) is 8.02. The van der Waals surface area contributed by atoms with Gasteiger partial charge in [0, 0.05) is 0 Å². The zero-order chi connectivity index (χ0) is 13.0. The van der Waals surface area contributed by atoms with Crippen molar-refractivity contribution in [2.45, 2.75) is 13.0 Å². The third-order valence-corrected chi connectivity index (χ3v) is 2.21. The van der Waals surface area contributed by atoms with Crippen LogP contribution in [0.2, 0.25) is 0 Å². The maximum Gasteiger partial charge on any atom is 0.361 e. The summed E-state index contributed by atoms with van der Waals surface area (Å²) in [5.74, 6) is 1.73. The van der Waals surface area contributed by atoms with Gasteiger partial charge in [-0.3, -0.25) is 0 Å². The predicted octanol–water partition coefficient (Wildman–Crippen LogP) is 1.45. The van der Waals surface area contributed by atoms with Crippen molar-refractivity contribution in [1.29, 1.82) is 0 Å². The highest BCUT2D eigenvalue weighted by Crippen LogP contribution is 2.05. The summed E-state index contributed by atoms with van der Waals surface area (Å²) in [5.41, 5.74) is 0.891. The summed E-state index contributed by atoms with van der Waals surface area (Å²) >= 11 is 0. The quantitative estimate of drug-likeness (QED) is 0.602. The number of nitrogens with zero attached hydrogens (tertiary/aromatic N) is 3. The van der Waals surface area contributed by atoms with Crippen LogP contribution in [0.4, 0.5) is 0 Å². The second-order valence-electron chi connectivity index (χ2n) is 3.57. The van der Waals surface area contributed by atoms with Crippen molar-refractivity contribution in [3.63, 3.8) is 0 Å². The molecule has 0 aliphatic rings. The van der Waals surface area contributed by atoms with E-state index < -0.39 is 12.1 Å². The van der Waals surface area contributed by atoms with Crippen molar-refractivity contribution < 1.29 is 9.53 Å². The summed E-state index contributed by atoms with van der Waals surface area (Å²) in [6.45, 7) is 1.61. The molecule has 2 rings (SSSR count). The number of benzene rings is 1. The number of carbonyl (C=O) groups is 1. The standard InChI is InChI=1S/C13H11N3O2/c1-3-10(2)18-13(17)12-9-14-16(15-12)11-7-5-4-6-8-11/h1,4-10H,2H3. The lowest BCUT2D eigenvalue weighted by Gasteiger charge is -2.04. The first-order chi connectivity index (χ1) is 8.70. The van der Waals surface area contributed by atoms with Gasteiger partial charge in [-0.2, -0.15) is 9.90 Å². The van der Waals surface area contributed by atoms with Crippen LogP contribution in [-0.2, 0) is 4.74 Å². The molecular weight excluding hydrogens is 230 g/mol. The van der Waals surface area contributed by atoms with Gasteiger partial charge in [-0.25, -0.2) is 4.79 Å². The van der Waals surface area contributed by atoms with Gasteiger partial charge in [-0.1, -0.05) is 24.1 Å². The summed E-state index contributed by atoms with van der Waals surface area (Å²) in [4.78, 5) is 13.0. The Kier molecular flexibility index (Phi) is 3.39. The van der Waals surface area contributed by atoms with Gasteiger partial charge in [0.1, 0.15) is 0 Å². The third-order valence-electron chi connectivity index (χ3n) is 2.21. The number of hydrogen-bond donors (Lipinski definition) is 0. The Morgan fingerprint density at radius 2 is 2.17 bits per heavy atom. The van der Waals surface area contributed by atoms with E-state index in [0.717, 1.165) is 5.69 Å². The van der Waals surface area contributed by atoms with E-state index in [1.165, 1.54) is 11.0 Å². The minimum Gasteiger partial charge on any atom is -0.445 e. The molecule has 0 aliphatic carbocycles. The molecule has 90 valence electrons. The number of rotatable bonds is 3. The number of carbonyl (C=O) groups excluding carboxylic acids is 1. The fourth-order valence-corrected chi connectivity index (χ4v) is 1.30. The van der Waals surface area contributed by atoms with Gasteiger partial charge in [-0.15, -0.1) is 11.5 Å². The van der Waals surface area contributed by atoms with E-state index in [-0.39, 0.29) is 5.69 Å². The monoisotopic (exact) mass is 241 g/mol. The maximum absolute atomic E-state index is 11.6. The van der Waals surface area contributed by atoms with Gasteiger partial charge in [-0.05, 0) is 19.1 Å². The third kappa shape index (κ3) is 2.55. The average molecular weight is 241 g/mol. The zero-order valence-electron chi connectivity index (χ0n) is 9.78. The molecule has 1 atom stereocenters. The van der Waals surface area contributed by atoms with Crippen LogP contribution in [-0.4, -0.2) is 27.1 Å². The Hall–Kier alpha value is -2.61. The number of esters is 1. The Morgan fingerprint density at radius 3 is 2.83 bits per heavy atom. The van der Waals surface area contributed by atoms with Gasteiger partial charge in [0.25, 0.3) is 0 Å². The largest absolute Gasteiger partial charge is 0.445 e. The molecule has 0 bridgehead atoms. The number of aromatic nitrogens is 3. The summed E-state index contributed by atoms with van der Waals surface area (Å²) in [7, 11) is 0. The van der Waals surface area contributed by atoms with Gasteiger partial charge in [0.2, 0.25) is 0 Å². The predicted molar refractivity (Wildman–Crippen MR) is 65.1 cm³/mol. The lowest BCUT2D eigenvalue weighted by Crippen LogP contribution is -2.14. The van der Waals surface area contributed by atoms with Gasteiger partial charge in [0.15, 0.2) is 11.8 Å². The van der Waals surface area contributed by atoms with Crippen LogP contribution in [0, 0.1) is 12.3 Å². The molecule has 0 radical (unpaired) electrons. The van der Waals surface area contributed by atoms with Crippen LogP contribution in [0.15, 0.2) is 36.5 Å². The molecule has 0 spiro atoms. The molecule has 2 aromatic rings. The fourth-order valence-electron chi connectivity index (χ4n) is 1.30. The average Bonchev–Trinajstić information content (AvgIpc) is 2.89. The van der Waals surface area contributed by atoms with Crippen LogP contribution in [0.1, 0.15) is 17.4 Å². The number of hydrogen-bond acceptors (Lipinski definition) is 4. The first kappa shape index (κ1) is 11.9. The van der Waals surface area contributed by atoms with E-state index in [1.807, 2.05) is 30.3 Å². The number of para-hydroxylation sites is 1. The molecule has 0 N–H and O–H groups in total. The lowest BCUT2D eigenvalue weighted by molar-refractivity contribution is 0.0431. The smallest absolute Gasteiger partial charge is 0.361 e. The highest BCUT2D eigenvalue weighted by Gasteiger charge is 2.14. The number of ether oxygens (including phenoxy) is 1. The molecule has 5 heteroatoms. The van der Waals surface area contributed by atoms with E-state index in [2.05, 4.69) is 16.1 Å². The van der Waals surface area contributed by atoms with Gasteiger partial charge < -0.3 is 4.74 Å². The zero-order valence-corrected chi connectivity index (χ0v) is 9.78. The highest BCUT2D eigenvalue weighted by molar-refractivity contribution is 5.87. The Balaban J connectivity index is 2.17. The Labute approximate surface area is 104 Å². The maximum atomic E-state index is 11.6.